The standard InChI is InChI=1S/C20H28N4O3/c1-3-24(20(25)19-13-21-27-22-19)15-17-7-5-10-23(14-17)11-9-16-6-4-8-18(12-16)26-2/h4,6,8,12-13,17H,3,5,7,9-11,14-15H2,1-2H3/t17-/m0/s1. The van der Waals surface area contributed by atoms with E-state index in [9.17, 15) is 4.79 Å². The molecule has 1 aromatic carbocycles. The van der Waals surface area contributed by atoms with Gasteiger partial charge in [0.15, 0.2) is 5.69 Å². The molecule has 146 valence electrons. The summed E-state index contributed by atoms with van der Waals surface area (Å²) in [6, 6.07) is 8.26. The molecule has 3 rings (SSSR count). The summed E-state index contributed by atoms with van der Waals surface area (Å²) in [6.45, 7) is 6.56. The first-order valence-electron chi connectivity index (χ1n) is 9.61. The van der Waals surface area contributed by atoms with E-state index in [0.717, 1.165) is 44.8 Å². The van der Waals surface area contributed by atoms with Crippen LogP contribution in [0.1, 0.15) is 35.8 Å². The maximum absolute atomic E-state index is 12.5. The highest BCUT2D eigenvalue weighted by Crippen LogP contribution is 2.20. The summed E-state index contributed by atoms with van der Waals surface area (Å²) in [7, 11) is 1.70. The summed E-state index contributed by atoms with van der Waals surface area (Å²) in [5, 5.41) is 7.21. The molecule has 0 aliphatic carbocycles. The van der Waals surface area contributed by atoms with E-state index in [1.165, 1.54) is 18.2 Å². The summed E-state index contributed by atoms with van der Waals surface area (Å²) in [4.78, 5) is 16.8. The highest BCUT2D eigenvalue weighted by atomic mass is 16.6. The largest absolute Gasteiger partial charge is 0.497 e. The van der Waals surface area contributed by atoms with Crippen molar-refractivity contribution >= 4 is 5.91 Å². The third kappa shape index (κ3) is 5.29. The van der Waals surface area contributed by atoms with Gasteiger partial charge in [-0.3, -0.25) is 4.79 Å². The lowest BCUT2D eigenvalue weighted by molar-refractivity contribution is 0.0680. The molecule has 2 aromatic rings. The average molecular weight is 372 g/mol. The number of likely N-dealkylation sites (tertiary alicyclic amines) is 1. The summed E-state index contributed by atoms with van der Waals surface area (Å²) in [5.74, 6) is 1.28. The summed E-state index contributed by atoms with van der Waals surface area (Å²) in [6.07, 6.45) is 4.70. The number of hydrogen-bond acceptors (Lipinski definition) is 6. The van der Waals surface area contributed by atoms with Crippen LogP contribution in [0.15, 0.2) is 35.1 Å². The molecule has 0 spiro atoms. The van der Waals surface area contributed by atoms with Gasteiger partial charge in [0.05, 0.1) is 7.11 Å². The second-order valence-electron chi connectivity index (χ2n) is 7.05. The first-order valence-corrected chi connectivity index (χ1v) is 9.61. The number of carbonyl (C=O) groups is 1. The molecule has 0 bridgehead atoms. The molecule has 0 radical (unpaired) electrons. The van der Waals surface area contributed by atoms with Crippen LogP contribution in [0.5, 0.6) is 5.75 Å². The van der Waals surface area contributed by atoms with Gasteiger partial charge in [0.1, 0.15) is 11.9 Å². The fourth-order valence-electron chi connectivity index (χ4n) is 3.71. The lowest BCUT2D eigenvalue weighted by Crippen LogP contribution is -2.43. The smallest absolute Gasteiger partial charge is 0.277 e. The van der Waals surface area contributed by atoms with Crippen LogP contribution in [-0.4, -0.2) is 65.9 Å². The molecule has 7 heteroatoms. The number of hydrogen-bond donors (Lipinski definition) is 0. The van der Waals surface area contributed by atoms with Crippen molar-refractivity contribution in [1.82, 2.24) is 20.1 Å². The van der Waals surface area contributed by atoms with Crippen LogP contribution in [-0.2, 0) is 6.42 Å². The lowest BCUT2D eigenvalue weighted by atomic mass is 9.96. The fraction of sp³-hybridized carbons (Fsp3) is 0.550. The average Bonchev–Trinajstić information content (AvgIpc) is 3.25. The first-order chi connectivity index (χ1) is 13.2. The zero-order valence-corrected chi connectivity index (χ0v) is 16.1. The second-order valence-corrected chi connectivity index (χ2v) is 7.05. The van der Waals surface area contributed by atoms with E-state index in [1.54, 1.807) is 7.11 Å². The monoisotopic (exact) mass is 372 g/mol. The van der Waals surface area contributed by atoms with Crippen LogP contribution in [0.3, 0.4) is 0 Å². The molecular weight excluding hydrogens is 344 g/mol. The van der Waals surface area contributed by atoms with Gasteiger partial charge in [0.2, 0.25) is 0 Å². The third-order valence-electron chi connectivity index (χ3n) is 5.18. The molecule has 2 heterocycles. The number of aromatic nitrogens is 2. The van der Waals surface area contributed by atoms with E-state index in [1.807, 2.05) is 24.0 Å². The van der Waals surface area contributed by atoms with Crippen LogP contribution in [0, 0.1) is 5.92 Å². The number of methoxy groups -OCH3 is 1. The number of benzene rings is 1. The lowest BCUT2D eigenvalue weighted by Gasteiger charge is -2.35. The van der Waals surface area contributed by atoms with E-state index >= 15 is 0 Å². The first kappa shape index (κ1) is 19.4. The van der Waals surface area contributed by atoms with Gasteiger partial charge in [-0.2, -0.15) is 0 Å². The van der Waals surface area contributed by atoms with Crippen molar-refractivity contribution in [3.05, 3.63) is 41.7 Å². The number of piperidine rings is 1. The van der Waals surface area contributed by atoms with E-state index in [2.05, 4.69) is 32.0 Å². The van der Waals surface area contributed by atoms with Gasteiger partial charge in [0, 0.05) is 26.2 Å². The maximum atomic E-state index is 12.5. The topological polar surface area (TPSA) is 71.7 Å². The quantitative estimate of drug-likeness (QED) is 0.709. The maximum Gasteiger partial charge on any atom is 0.277 e. The Labute approximate surface area is 160 Å². The van der Waals surface area contributed by atoms with Crippen molar-refractivity contribution in [2.75, 3.05) is 39.8 Å². The van der Waals surface area contributed by atoms with Crippen LogP contribution in [0.25, 0.3) is 0 Å². The van der Waals surface area contributed by atoms with E-state index in [-0.39, 0.29) is 11.6 Å². The molecule has 1 amide bonds. The Balaban J connectivity index is 1.51. The molecule has 1 aliphatic rings. The van der Waals surface area contributed by atoms with E-state index < -0.39 is 0 Å². The molecular formula is C20H28N4O3. The van der Waals surface area contributed by atoms with Gasteiger partial charge < -0.3 is 14.5 Å². The Morgan fingerprint density at radius 3 is 3.07 bits per heavy atom. The second kappa shape index (κ2) is 9.50. The molecule has 0 unspecified atom stereocenters. The molecule has 1 fully saturated rings. The van der Waals surface area contributed by atoms with Gasteiger partial charge in [-0.15, -0.1) is 0 Å². The third-order valence-corrected chi connectivity index (χ3v) is 5.18. The van der Waals surface area contributed by atoms with Gasteiger partial charge in [-0.25, -0.2) is 4.63 Å². The van der Waals surface area contributed by atoms with Crippen LogP contribution in [0.2, 0.25) is 0 Å². The van der Waals surface area contributed by atoms with Gasteiger partial charge >= 0.3 is 0 Å². The number of ether oxygens (including phenoxy) is 1. The molecule has 1 aliphatic heterocycles. The molecule has 27 heavy (non-hydrogen) atoms. The Bertz CT molecular complexity index is 720. The van der Waals surface area contributed by atoms with Gasteiger partial charge in [0.25, 0.3) is 5.91 Å². The highest BCUT2D eigenvalue weighted by Gasteiger charge is 2.25. The van der Waals surface area contributed by atoms with Crippen molar-refractivity contribution in [3.63, 3.8) is 0 Å². The molecule has 1 atom stereocenters. The highest BCUT2D eigenvalue weighted by molar-refractivity contribution is 5.91. The fourth-order valence-corrected chi connectivity index (χ4v) is 3.71. The minimum atomic E-state index is -0.104. The predicted octanol–water partition coefficient (Wildman–Crippen LogP) is 2.50. The summed E-state index contributed by atoms with van der Waals surface area (Å²) >= 11 is 0. The van der Waals surface area contributed by atoms with Crippen LogP contribution < -0.4 is 4.74 Å². The zero-order valence-electron chi connectivity index (χ0n) is 16.1. The molecule has 0 N–H and O–H groups in total. The Morgan fingerprint density at radius 2 is 2.33 bits per heavy atom. The van der Waals surface area contributed by atoms with E-state index in [0.29, 0.717) is 12.5 Å². The zero-order chi connectivity index (χ0) is 19.1. The molecule has 0 saturated carbocycles. The minimum absolute atomic E-state index is 0.104. The molecule has 7 nitrogen and oxygen atoms in total. The number of rotatable bonds is 8. The number of nitrogens with zero attached hydrogens (tertiary/aromatic N) is 4. The van der Waals surface area contributed by atoms with Gasteiger partial charge in [-0.1, -0.05) is 17.3 Å². The number of carbonyl (C=O) groups excluding carboxylic acids is 1. The molecule has 1 saturated heterocycles. The predicted molar refractivity (Wildman–Crippen MR) is 102 cm³/mol. The van der Waals surface area contributed by atoms with Crippen molar-refractivity contribution in [2.45, 2.75) is 26.2 Å². The summed E-state index contributed by atoms with van der Waals surface area (Å²) in [5.41, 5.74) is 1.57. The van der Waals surface area contributed by atoms with Crippen LogP contribution >= 0.6 is 0 Å². The number of amides is 1. The normalized spacial score (nSPS) is 17.6. The SMILES string of the molecule is CCN(C[C@H]1CCCN(CCc2cccc(OC)c2)C1)C(=O)c1cnon1. The van der Waals surface area contributed by atoms with Crippen molar-refractivity contribution in [3.8, 4) is 5.75 Å². The van der Waals surface area contributed by atoms with Crippen molar-refractivity contribution in [2.24, 2.45) is 5.92 Å². The van der Waals surface area contributed by atoms with E-state index in [4.69, 9.17) is 4.74 Å². The van der Waals surface area contributed by atoms with Crippen LogP contribution in [0.4, 0.5) is 0 Å². The van der Waals surface area contributed by atoms with Crippen molar-refractivity contribution in [1.29, 1.82) is 0 Å². The Morgan fingerprint density at radius 1 is 1.44 bits per heavy atom. The van der Waals surface area contributed by atoms with Crippen molar-refractivity contribution < 1.29 is 14.2 Å². The Hall–Kier alpha value is -2.41. The Kier molecular flexibility index (Phi) is 6.81. The molecule has 1 aromatic heterocycles. The van der Waals surface area contributed by atoms with Gasteiger partial charge in [-0.05, 0) is 61.5 Å². The summed E-state index contributed by atoms with van der Waals surface area (Å²) < 4.78 is 9.87. The minimum Gasteiger partial charge on any atom is -0.497 e.